The number of nitrogen functional groups attached to an aromatic ring is 1. The quantitative estimate of drug-likeness (QED) is 0.789. The molecule has 0 atom stereocenters. The normalized spacial score (nSPS) is 12.0. The van der Waals surface area contributed by atoms with Crippen LogP contribution < -0.4 is 5.73 Å². The Hall–Kier alpha value is -2.57. The number of alkyl halides is 3. The summed E-state index contributed by atoms with van der Waals surface area (Å²) in [6, 6.07) is 9.85. The second-order valence-electron chi connectivity index (χ2n) is 4.60. The highest BCUT2D eigenvalue weighted by molar-refractivity contribution is 5.80. The number of halogens is 3. The van der Waals surface area contributed by atoms with E-state index in [0.29, 0.717) is 22.4 Å². The number of aromatic nitrogens is 3. The first-order chi connectivity index (χ1) is 9.94. The monoisotopic (exact) mass is 292 g/mol. The zero-order valence-corrected chi connectivity index (χ0v) is 10.8. The standard InChI is InChI=1S/C14H11F3N4/c15-14(16,17)8-21-11-4-2-1-3-10(11)20-13(21)9-5-6-12(18)19-7-9/h1-7H,8H2,(H2,18,19). The number of imidazole rings is 1. The van der Waals surface area contributed by atoms with Gasteiger partial charge in [-0.3, -0.25) is 0 Å². The van der Waals surface area contributed by atoms with E-state index in [0.717, 1.165) is 4.57 Å². The maximum atomic E-state index is 12.8. The third-order valence-electron chi connectivity index (χ3n) is 3.04. The van der Waals surface area contributed by atoms with Crippen molar-refractivity contribution in [1.82, 2.24) is 14.5 Å². The van der Waals surface area contributed by atoms with Gasteiger partial charge in [0.05, 0.1) is 11.0 Å². The highest BCUT2D eigenvalue weighted by Gasteiger charge is 2.30. The summed E-state index contributed by atoms with van der Waals surface area (Å²) in [7, 11) is 0. The van der Waals surface area contributed by atoms with Gasteiger partial charge in [0.15, 0.2) is 0 Å². The minimum absolute atomic E-state index is 0.223. The van der Waals surface area contributed by atoms with Crippen molar-refractivity contribution in [3.8, 4) is 11.4 Å². The van der Waals surface area contributed by atoms with Gasteiger partial charge in [0.2, 0.25) is 0 Å². The number of hydrogen-bond donors (Lipinski definition) is 1. The van der Waals surface area contributed by atoms with Crippen LogP contribution in [0.15, 0.2) is 42.6 Å². The fourth-order valence-electron chi connectivity index (χ4n) is 2.17. The number of anilines is 1. The topological polar surface area (TPSA) is 56.7 Å². The maximum Gasteiger partial charge on any atom is 0.406 e. The van der Waals surface area contributed by atoms with E-state index in [1.54, 1.807) is 30.3 Å². The molecule has 2 heterocycles. The molecule has 0 saturated carbocycles. The summed E-state index contributed by atoms with van der Waals surface area (Å²) in [4.78, 5) is 8.19. The van der Waals surface area contributed by atoms with Crippen molar-refractivity contribution in [1.29, 1.82) is 0 Å². The molecule has 0 aliphatic rings. The van der Waals surface area contributed by atoms with E-state index >= 15 is 0 Å². The lowest BCUT2D eigenvalue weighted by Gasteiger charge is -2.12. The Morgan fingerprint density at radius 1 is 1.10 bits per heavy atom. The lowest BCUT2D eigenvalue weighted by molar-refractivity contribution is -0.139. The van der Waals surface area contributed by atoms with Gasteiger partial charge in [-0.15, -0.1) is 0 Å². The summed E-state index contributed by atoms with van der Waals surface area (Å²) in [5.41, 5.74) is 6.93. The molecule has 0 fully saturated rings. The first-order valence-corrected chi connectivity index (χ1v) is 6.18. The number of rotatable bonds is 2. The molecular formula is C14H11F3N4. The average molecular weight is 292 g/mol. The lowest BCUT2D eigenvalue weighted by Crippen LogP contribution is -2.18. The summed E-state index contributed by atoms with van der Waals surface area (Å²) in [5, 5.41) is 0. The Bertz CT molecular complexity index is 775. The van der Waals surface area contributed by atoms with Gasteiger partial charge in [-0.2, -0.15) is 13.2 Å². The molecular weight excluding hydrogens is 281 g/mol. The predicted molar refractivity (Wildman–Crippen MR) is 73.4 cm³/mol. The molecule has 108 valence electrons. The van der Waals surface area contributed by atoms with Crippen LogP contribution in [-0.2, 0) is 6.54 Å². The molecule has 0 saturated heterocycles. The fourth-order valence-corrected chi connectivity index (χ4v) is 2.17. The molecule has 7 heteroatoms. The molecule has 0 aliphatic carbocycles. The van der Waals surface area contributed by atoms with E-state index in [9.17, 15) is 13.2 Å². The molecule has 21 heavy (non-hydrogen) atoms. The van der Waals surface area contributed by atoms with Crippen molar-refractivity contribution in [2.45, 2.75) is 12.7 Å². The summed E-state index contributed by atoms with van der Waals surface area (Å²) < 4.78 is 39.6. The van der Waals surface area contributed by atoms with Gasteiger partial charge >= 0.3 is 6.18 Å². The number of benzene rings is 1. The highest BCUT2D eigenvalue weighted by Crippen LogP contribution is 2.28. The van der Waals surface area contributed by atoms with Crippen LogP contribution >= 0.6 is 0 Å². The first kappa shape index (κ1) is 13.4. The third kappa shape index (κ3) is 2.67. The molecule has 2 N–H and O–H groups in total. The molecule has 0 aliphatic heterocycles. The van der Waals surface area contributed by atoms with Gasteiger partial charge in [-0.05, 0) is 24.3 Å². The van der Waals surface area contributed by atoms with Crippen LogP contribution in [0.2, 0.25) is 0 Å². The van der Waals surface area contributed by atoms with Crippen LogP contribution in [0.5, 0.6) is 0 Å². The first-order valence-electron chi connectivity index (χ1n) is 6.18. The van der Waals surface area contributed by atoms with Crippen LogP contribution in [0.3, 0.4) is 0 Å². The molecule has 3 aromatic rings. The van der Waals surface area contributed by atoms with Crippen LogP contribution in [0, 0.1) is 0 Å². The van der Waals surface area contributed by atoms with E-state index in [1.807, 2.05) is 0 Å². The summed E-state index contributed by atoms with van der Waals surface area (Å²) in [5.74, 6) is 0.526. The third-order valence-corrected chi connectivity index (χ3v) is 3.04. The molecule has 0 amide bonds. The van der Waals surface area contributed by atoms with E-state index in [4.69, 9.17) is 5.73 Å². The van der Waals surface area contributed by atoms with Gasteiger partial charge in [0, 0.05) is 11.8 Å². The van der Waals surface area contributed by atoms with E-state index in [1.165, 1.54) is 12.3 Å². The van der Waals surface area contributed by atoms with Gasteiger partial charge in [-0.25, -0.2) is 9.97 Å². The van der Waals surface area contributed by atoms with Crippen LogP contribution in [0.4, 0.5) is 19.0 Å². The highest BCUT2D eigenvalue weighted by atomic mass is 19.4. The molecule has 2 aromatic heterocycles. The molecule has 0 spiro atoms. The summed E-state index contributed by atoms with van der Waals surface area (Å²) in [6.45, 7) is -1.10. The second kappa shape index (κ2) is 4.76. The van der Waals surface area contributed by atoms with E-state index < -0.39 is 12.7 Å². The maximum absolute atomic E-state index is 12.8. The summed E-state index contributed by atoms with van der Waals surface area (Å²) in [6.07, 6.45) is -2.91. The van der Waals surface area contributed by atoms with Crippen LogP contribution in [0.25, 0.3) is 22.4 Å². The Labute approximate surface area is 118 Å². The van der Waals surface area contributed by atoms with Crippen LogP contribution in [0.1, 0.15) is 0 Å². The van der Waals surface area contributed by atoms with Gasteiger partial charge in [0.1, 0.15) is 18.2 Å². The number of nitrogens with zero attached hydrogens (tertiary/aromatic N) is 3. The Kier molecular flexibility index (Phi) is 3.04. The number of fused-ring (bicyclic) bond motifs is 1. The Morgan fingerprint density at radius 3 is 2.52 bits per heavy atom. The average Bonchev–Trinajstić information content (AvgIpc) is 2.77. The zero-order chi connectivity index (χ0) is 15.0. The van der Waals surface area contributed by atoms with Gasteiger partial charge < -0.3 is 10.3 Å². The molecule has 0 radical (unpaired) electrons. The molecule has 4 nitrogen and oxygen atoms in total. The van der Waals surface area contributed by atoms with E-state index in [-0.39, 0.29) is 5.82 Å². The van der Waals surface area contributed by atoms with Crippen LogP contribution in [-0.4, -0.2) is 20.7 Å². The van der Waals surface area contributed by atoms with E-state index in [2.05, 4.69) is 9.97 Å². The predicted octanol–water partition coefficient (Wildman–Crippen LogP) is 3.24. The van der Waals surface area contributed by atoms with Crippen molar-refractivity contribution in [2.75, 3.05) is 5.73 Å². The lowest BCUT2D eigenvalue weighted by atomic mass is 10.2. The number of hydrogen-bond acceptors (Lipinski definition) is 3. The number of pyridine rings is 1. The van der Waals surface area contributed by atoms with Gasteiger partial charge in [-0.1, -0.05) is 12.1 Å². The number of para-hydroxylation sites is 2. The SMILES string of the molecule is Nc1ccc(-c2nc3ccccc3n2CC(F)(F)F)cn1. The Balaban J connectivity index is 2.21. The van der Waals surface area contributed by atoms with Crippen molar-refractivity contribution in [2.24, 2.45) is 0 Å². The minimum Gasteiger partial charge on any atom is -0.384 e. The molecule has 0 bridgehead atoms. The Morgan fingerprint density at radius 2 is 1.86 bits per heavy atom. The number of nitrogens with two attached hydrogens (primary N) is 1. The molecule has 1 aromatic carbocycles. The van der Waals surface area contributed by atoms with Gasteiger partial charge in [0.25, 0.3) is 0 Å². The van der Waals surface area contributed by atoms with Crippen molar-refractivity contribution in [3.63, 3.8) is 0 Å². The van der Waals surface area contributed by atoms with Crippen molar-refractivity contribution in [3.05, 3.63) is 42.6 Å². The second-order valence-corrected chi connectivity index (χ2v) is 4.60. The molecule has 0 unspecified atom stereocenters. The minimum atomic E-state index is -4.33. The van der Waals surface area contributed by atoms with Crippen molar-refractivity contribution >= 4 is 16.9 Å². The largest absolute Gasteiger partial charge is 0.406 e. The zero-order valence-electron chi connectivity index (χ0n) is 10.8. The smallest absolute Gasteiger partial charge is 0.384 e. The molecule has 3 rings (SSSR count). The fraction of sp³-hybridized carbons (Fsp3) is 0.143. The summed E-state index contributed by atoms with van der Waals surface area (Å²) >= 11 is 0. The van der Waals surface area contributed by atoms with Crippen molar-refractivity contribution < 1.29 is 13.2 Å².